The average Bonchev–Trinajstić information content (AvgIpc) is 2.45. The smallest absolute Gasteiger partial charge is 0.293 e. The Labute approximate surface area is 121 Å². The molecule has 4 unspecified atom stereocenters. The molecule has 4 atom stereocenters. The Morgan fingerprint density at radius 2 is 2.30 bits per heavy atom. The van der Waals surface area contributed by atoms with E-state index in [4.69, 9.17) is 22.1 Å². The van der Waals surface area contributed by atoms with Gasteiger partial charge in [0.25, 0.3) is 5.69 Å². The molecule has 20 heavy (non-hydrogen) atoms. The molecule has 3 rings (SSSR count). The second-order valence-electron chi connectivity index (χ2n) is 5.31. The molecule has 6 nitrogen and oxygen atoms in total. The number of nitrogens with zero attached hydrogens (tertiary/aromatic N) is 1. The van der Waals surface area contributed by atoms with Gasteiger partial charge in [0.2, 0.25) is 0 Å². The van der Waals surface area contributed by atoms with Crippen LogP contribution in [0.15, 0.2) is 18.2 Å². The summed E-state index contributed by atoms with van der Waals surface area (Å²) in [6.45, 7) is 0.731. The van der Waals surface area contributed by atoms with Crippen LogP contribution in [0.25, 0.3) is 0 Å². The molecule has 1 saturated carbocycles. The molecule has 0 amide bonds. The third-order valence-corrected chi connectivity index (χ3v) is 4.39. The molecule has 1 aliphatic carbocycles. The van der Waals surface area contributed by atoms with Crippen molar-refractivity contribution in [3.8, 4) is 0 Å². The standard InChI is InChI=1S/C13H16ClN3O3/c14-7-3-4-9(10(6-7)17(18)19)16-12-11(15)8-2-1-5-20-13(8)12/h3-4,6,8,11-13,16H,1-2,5,15H2. The van der Waals surface area contributed by atoms with Crippen LogP contribution in [0, 0.1) is 16.0 Å². The normalized spacial score (nSPS) is 32.1. The molecule has 1 aromatic carbocycles. The highest BCUT2D eigenvalue weighted by Gasteiger charge is 2.50. The van der Waals surface area contributed by atoms with Crippen molar-refractivity contribution >= 4 is 23.0 Å². The first-order chi connectivity index (χ1) is 9.58. The van der Waals surface area contributed by atoms with Gasteiger partial charge in [-0.15, -0.1) is 0 Å². The number of hydrogen-bond acceptors (Lipinski definition) is 5. The van der Waals surface area contributed by atoms with E-state index in [1.165, 1.54) is 6.07 Å². The van der Waals surface area contributed by atoms with E-state index in [1.54, 1.807) is 12.1 Å². The van der Waals surface area contributed by atoms with E-state index in [0.29, 0.717) is 16.6 Å². The number of anilines is 1. The van der Waals surface area contributed by atoms with Crippen LogP contribution in [0.2, 0.25) is 5.02 Å². The van der Waals surface area contributed by atoms with E-state index in [2.05, 4.69) is 5.32 Å². The Kier molecular flexibility index (Phi) is 3.54. The van der Waals surface area contributed by atoms with Crippen molar-refractivity contribution in [3.63, 3.8) is 0 Å². The second kappa shape index (κ2) is 5.20. The minimum Gasteiger partial charge on any atom is -0.376 e. The number of nitro benzene ring substituents is 1. The number of fused-ring (bicyclic) bond motifs is 1. The van der Waals surface area contributed by atoms with Crippen LogP contribution >= 0.6 is 11.6 Å². The number of hydrogen-bond donors (Lipinski definition) is 2. The van der Waals surface area contributed by atoms with Crippen LogP contribution in [0.5, 0.6) is 0 Å². The number of ether oxygens (including phenoxy) is 1. The maximum atomic E-state index is 11.1. The summed E-state index contributed by atoms with van der Waals surface area (Å²) in [7, 11) is 0. The largest absolute Gasteiger partial charge is 0.376 e. The number of nitrogens with two attached hydrogens (primary N) is 1. The maximum Gasteiger partial charge on any atom is 0.293 e. The van der Waals surface area contributed by atoms with Crippen LogP contribution in [0.1, 0.15) is 12.8 Å². The van der Waals surface area contributed by atoms with Gasteiger partial charge in [-0.25, -0.2) is 0 Å². The van der Waals surface area contributed by atoms with Crippen LogP contribution in [0.4, 0.5) is 11.4 Å². The SMILES string of the molecule is NC1C2CCCOC2C1Nc1ccc(Cl)cc1[N+](=O)[O-]. The number of halogens is 1. The molecule has 108 valence electrons. The fourth-order valence-corrected chi connectivity index (χ4v) is 3.25. The van der Waals surface area contributed by atoms with Gasteiger partial charge in [-0.05, 0) is 25.0 Å². The summed E-state index contributed by atoms with van der Waals surface area (Å²) in [4.78, 5) is 10.6. The lowest BCUT2D eigenvalue weighted by Gasteiger charge is -2.52. The minimum absolute atomic E-state index is 0.0319. The molecule has 3 N–H and O–H groups in total. The summed E-state index contributed by atoms with van der Waals surface area (Å²) in [5.74, 6) is 0.354. The third kappa shape index (κ3) is 2.24. The van der Waals surface area contributed by atoms with E-state index in [9.17, 15) is 10.1 Å². The number of nitro groups is 1. The first-order valence-corrected chi connectivity index (χ1v) is 7.03. The van der Waals surface area contributed by atoms with E-state index < -0.39 is 4.92 Å². The van der Waals surface area contributed by atoms with Gasteiger partial charge in [0, 0.05) is 29.7 Å². The first kappa shape index (κ1) is 13.6. The van der Waals surface area contributed by atoms with E-state index in [1.807, 2.05) is 0 Å². The Morgan fingerprint density at radius 1 is 1.50 bits per heavy atom. The Bertz CT molecular complexity index is 540. The predicted molar refractivity (Wildman–Crippen MR) is 76.0 cm³/mol. The lowest BCUT2D eigenvalue weighted by atomic mass is 9.68. The molecule has 0 bridgehead atoms. The zero-order valence-corrected chi connectivity index (χ0v) is 11.5. The van der Waals surface area contributed by atoms with Crippen molar-refractivity contribution in [2.24, 2.45) is 11.7 Å². The van der Waals surface area contributed by atoms with Crippen LogP contribution in [-0.2, 0) is 4.74 Å². The monoisotopic (exact) mass is 297 g/mol. The average molecular weight is 298 g/mol. The van der Waals surface area contributed by atoms with E-state index in [-0.39, 0.29) is 23.9 Å². The molecule has 1 saturated heterocycles. The van der Waals surface area contributed by atoms with Crippen molar-refractivity contribution in [1.29, 1.82) is 0 Å². The van der Waals surface area contributed by atoms with Crippen molar-refractivity contribution in [2.45, 2.75) is 31.0 Å². The van der Waals surface area contributed by atoms with Gasteiger partial charge < -0.3 is 15.8 Å². The zero-order chi connectivity index (χ0) is 14.3. The molecule has 0 radical (unpaired) electrons. The number of rotatable bonds is 3. The maximum absolute atomic E-state index is 11.1. The van der Waals surface area contributed by atoms with Gasteiger partial charge in [-0.2, -0.15) is 0 Å². The number of nitrogens with one attached hydrogen (secondary N) is 1. The van der Waals surface area contributed by atoms with Gasteiger partial charge in [-0.1, -0.05) is 11.6 Å². The Morgan fingerprint density at radius 3 is 3.05 bits per heavy atom. The summed E-state index contributed by atoms with van der Waals surface area (Å²) in [6.07, 6.45) is 2.14. The molecular weight excluding hydrogens is 282 g/mol. The Balaban J connectivity index is 1.80. The van der Waals surface area contributed by atoms with Crippen molar-refractivity contribution < 1.29 is 9.66 Å². The Hall–Kier alpha value is -1.37. The van der Waals surface area contributed by atoms with Crippen molar-refractivity contribution in [1.82, 2.24) is 0 Å². The molecule has 7 heteroatoms. The van der Waals surface area contributed by atoms with Crippen LogP contribution in [0.3, 0.4) is 0 Å². The molecule has 0 spiro atoms. The van der Waals surface area contributed by atoms with Gasteiger partial charge in [0.15, 0.2) is 0 Å². The predicted octanol–water partition coefficient (Wildman–Crippen LogP) is 2.16. The highest BCUT2D eigenvalue weighted by Crippen LogP contribution is 2.40. The summed E-state index contributed by atoms with van der Waals surface area (Å²) < 4.78 is 5.72. The molecule has 1 heterocycles. The van der Waals surface area contributed by atoms with Gasteiger partial charge in [0.05, 0.1) is 17.1 Å². The van der Waals surface area contributed by atoms with Gasteiger partial charge in [-0.3, -0.25) is 10.1 Å². The van der Waals surface area contributed by atoms with Gasteiger partial charge in [0.1, 0.15) is 5.69 Å². The van der Waals surface area contributed by atoms with Gasteiger partial charge >= 0.3 is 0 Å². The highest BCUT2D eigenvalue weighted by molar-refractivity contribution is 6.30. The fraction of sp³-hybridized carbons (Fsp3) is 0.538. The zero-order valence-electron chi connectivity index (χ0n) is 10.8. The quantitative estimate of drug-likeness (QED) is 0.659. The summed E-state index contributed by atoms with van der Waals surface area (Å²) in [5, 5.41) is 14.6. The molecular formula is C13H16ClN3O3. The molecule has 0 aromatic heterocycles. The third-order valence-electron chi connectivity index (χ3n) is 4.16. The minimum atomic E-state index is -0.447. The molecule has 2 aliphatic rings. The first-order valence-electron chi connectivity index (χ1n) is 6.65. The summed E-state index contributed by atoms with van der Waals surface area (Å²) in [6, 6.07) is 4.47. The topological polar surface area (TPSA) is 90.4 Å². The lowest BCUT2D eigenvalue weighted by molar-refractivity contribution is -0.384. The lowest BCUT2D eigenvalue weighted by Crippen LogP contribution is -2.69. The van der Waals surface area contributed by atoms with Crippen LogP contribution in [-0.4, -0.2) is 29.7 Å². The van der Waals surface area contributed by atoms with E-state index in [0.717, 1.165) is 19.4 Å². The number of benzene rings is 1. The summed E-state index contributed by atoms with van der Waals surface area (Å²) in [5.41, 5.74) is 6.54. The van der Waals surface area contributed by atoms with E-state index >= 15 is 0 Å². The summed E-state index contributed by atoms with van der Waals surface area (Å²) >= 11 is 5.80. The molecule has 1 aliphatic heterocycles. The van der Waals surface area contributed by atoms with Crippen LogP contribution < -0.4 is 11.1 Å². The van der Waals surface area contributed by atoms with Crippen molar-refractivity contribution in [3.05, 3.63) is 33.3 Å². The second-order valence-corrected chi connectivity index (χ2v) is 5.74. The van der Waals surface area contributed by atoms with Crippen molar-refractivity contribution in [2.75, 3.05) is 11.9 Å². The highest BCUT2D eigenvalue weighted by atomic mass is 35.5. The molecule has 2 fully saturated rings. The fourth-order valence-electron chi connectivity index (χ4n) is 3.08. The molecule has 1 aromatic rings.